The minimum Gasteiger partial charge on any atom is -0.292 e. The van der Waals surface area contributed by atoms with Gasteiger partial charge in [0.05, 0.1) is 0 Å². The summed E-state index contributed by atoms with van der Waals surface area (Å²) < 4.78 is 0. The molecule has 2 heterocycles. The van der Waals surface area contributed by atoms with Crippen LogP contribution in [0.4, 0.5) is 0 Å². The summed E-state index contributed by atoms with van der Waals surface area (Å²) in [5, 5.41) is 0. The van der Waals surface area contributed by atoms with Gasteiger partial charge < -0.3 is 0 Å². The van der Waals surface area contributed by atoms with Gasteiger partial charge in [-0.05, 0) is 91.7 Å². The molecule has 0 spiro atoms. The van der Waals surface area contributed by atoms with Crippen molar-refractivity contribution < 1.29 is 0 Å². The summed E-state index contributed by atoms with van der Waals surface area (Å²) in [4.78, 5) is 5.19. The van der Waals surface area contributed by atoms with Gasteiger partial charge >= 0.3 is 0 Å². The molecule has 2 aromatic carbocycles. The number of rotatable bonds is 6. The van der Waals surface area contributed by atoms with E-state index in [2.05, 4.69) is 109 Å². The van der Waals surface area contributed by atoms with Crippen molar-refractivity contribution in [2.45, 2.75) is 124 Å². The molecule has 0 atom stereocenters. The Morgan fingerprint density at radius 1 is 0.727 bits per heavy atom. The lowest BCUT2D eigenvalue weighted by molar-refractivity contribution is 0.136. The second-order valence-corrected chi connectivity index (χ2v) is 13.2. The molecule has 0 N–H and O–H groups in total. The molecular weight excluding hydrogens is 400 g/mol. The van der Waals surface area contributed by atoms with E-state index in [1.165, 1.54) is 35.1 Å². The third kappa shape index (κ3) is 4.93. The van der Waals surface area contributed by atoms with E-state index in [9.17, 15) is 0 Å². The van der Waals surface area contributed by atoms with Gasteiger partial charge in [0, 0.05) is 37.8 Å². The van der Waals surface area contributed by atoms with Crippen molar-refractivity contribution >= 4 is 0 Å². The maximum atomic E-state index is 2.62. The Morgan fingerprint density at radius 2 is 1.39 bits per heavy atom. The van der Waals surface area contributed by atoms with E-state index in [1.807, 2.05) is 0 Å². The van der Waals surface area contributed by atoms with E-state index in [0.29, 0.717) is 6.04 Å². The van der Waals surface area contributed by atoms with E-state index in [1.54, 1.807) is 11.1 Å². The van der Waals surface area contributed by atoms with Crippen LogP contribution in [0.3, 0.4) is 0 Å². The lowest BCUT2D eigenvalue weighted by atomic mass is 9.71. The number of benzene rings is 2. The highest BCUT2D eigenvalue weighted by molar-refractivity contribution is 5.43. The first-order chi connectivity index (χ1) is 15.3. The molecule has 0 radical (unpaired) electrons. The molecule has 33 heavy (non-hydrogen) atoms. The normalized spacial score (nSPS) is 17.6. The van der Waals surface area contributed by atoms with Gasteiger partial charge in [-0.15, -0.1) is 0 Å². The van der Waals surface area contributed by atoms with E-state index in [4.69, 9.17) is 0 Å². The molecule has 2 aliphatic rings. The number of hydrogen-bond acceptors (Lipinski definition) is 2. The largest absolute Gasteiger partial charge is 0.292 e. The zero-order valence-electron chi connectivity index (χ0n) is 22.7. The van der Waals surface area contributed by atoms with Crippen LogP contribution in [0.1, 0.15) is 109 Å². The van der Waals surface area contributed by atoms with Crippen molar-refractivity contribution in [3.05, 3.63) is 69.8 Å². The minimum atomic E-state index is 0.168. The predicted molar refractivity (Wildman–Crippen MR) is 142 cm³/mol. The van der Waals surface area contributed by atoms with Gasteiger partial charge in [0.2, 0.25) is 0 Å². The third-order valence-corrected chi connectivity index (χ3v) is 8.50. The van der Waals surface area contributed by atoms with Gasteiger partial charge in [0.15, 0.2) is 0 Å². The summed E-state index contributed by atoms with van der Waals surface area (Å²) in [6, 6.07) is 14.9. The highest BCUT2D eigenvalue weighted by Crippen LogP contribution is 2.41. The second-order valence-electron chi connectivity index (χ2n) is 13.2. The van der Waals surface area contributed by atoms with Crippen LogP contribution in [-0.4, -0.2) is 21.4 Å². The number of hydrogen-bond donors (Lipinski definition) is 0. The first-order valence-corrected chi connectivity index (χ1v) is 13.0. The maximum Gasteiger partial charge on any atom is 0.0248 e. The molecule has 180 valence electrons. The Balaban J connectivity index is 1.50. The van der Waals surface area contributed by atoms with Crippen LogP contribution < -0.4 is 0 Å². The quantitative estimate of drug-likeness (QED) is 0.452. The van der Waals surface area contributed by atoms with Gasteiger partial charge in [-0.1, -0.05) is 64.1 Å². The summed E-state index contributed by atoms with van der Waals surface area (Å²) in [6.07, 6.45) is 2.39. The topological polar surface area (TPSA) is 6.48 Å². The second kappa shape index (κ2) is 8.54. The Bertz CT molecular complexity index is 1010. The van der Waals surface area contributed by atoms with Gasteiger partial charge in [-0.3, -0.25) is 9.80 Å². The van der Waals surface area contributed by atoms with Gasteiger partial charge in [0.1, 0.15) is 0 Å². The van der Waals surface area contributed by atoms with Crippen LogP contribution in [0.5, 0.6) is 0 Å². The van der Waals surface area contributed by atoms with Crippen LogP contribution >= 0.6 is 0 Å². The van der Waals surface area contributed by atoms with Crippen molar-refractivity contribution in [3.8, 4) is 0 Å². The highest BCUT2D eigenvalue weighted by Gasteiger charge is 2.34. The minimum absolute atomic E-state index is 0.168. The van der Waals surface area contributed by atoms with Crippen LogP contribution in [0.25, 0.3) is 0 Å². The molecule has 0 aromatic heterocycles. The van der Waals surface area contributed by atoms with Crippen molar-refractivity contribution in [2.75, 3.05) is 0 Å². The molecule has 2 nitrogen and oxygen atoms in total. The molecule has 0 bridgehead atoms. The van der Waals surface area contributed by atoms with E-state index in [0.717, 1.165) is 26.2 Å². The van der Waals surface area contributed by atoms with Gasteiger partial charge in [-0.2, -0.15) is 0 Å². The zero-order valence-corrected chi connectivity index (χ0v) is 22.7. The van der Waals surface area contributed by atoms with E-state index < -0.39 is 0 Å². The number of fused-ring (bicyclic) bond motifs is 2. The van der Waals surface area contributed by atoms with Crippen LogP contribution in [-0.2, 0) is 37.0 Å². The Labute approximate surface area is 203 Å². The molecule has 4 rings (SSSR count). The lowest BCUT2D eigenvalue weighted by Crippen LogP contribution is -2.37. The van der Waals surface area contributed by atoms with Gasteiger partial charge in [0.25, 0.3) is 0 Å². The fraction of sp³-hybridized carbons (Fsp3) is 0.613. The van der Waals surface area contributed by atoms with E-state index in [-0.39, 0.29) is 16.4 Å². The molecule has 0 saturated heterocycles. The van der Waals surface area contributed by atoms with Crippen LogP contribution in [0.2, 0.25) is 0 Å². The van der Waals surface area contributed by atoms with Crippen molar-refractivity contribution in [3.63, 3.8) is 0 Å². The molecule has 2 heteroatoms. The molecule has 0 saturated carbocycles. The Morgan fingerprint density at radius 3 is 2.06 bits per heavy atom. The average molecular weight is 447 g/mol. The fourth-order valence-corrected chi connectivity index (χ4v) is 5.64. The summed E-state index contributed by atoms with van der Waals surface area (Å²) in [7, 11) is 0. The van der Waals surface area contributed by atoms with Crippen LogP contribution in [0, 0.1) is 0 Å². The molecule has 0 fully saturated rings. The zero-order chi connectivity index (χ0) is 24.2. The molecule has 0 aliphatic carbocycles. The molecule has 2 aliphatic heterocycles. The fourth-order valence-electron chi connectivity index (χ4n) is 5.64. The molecule has 2 aromatic rings. The first-order valence-electron chi connectivity index (χ1n) is 13.0. The summed E-state index contributed by atoms with van der Waals surface area (Å²) in [5.41, 5.74) is 9.78. The summed E-state index contributed by atoms with van der Waals surface area (Å²) in [6.45, 7) is 25.8. The van der Waals surface area contributed by atoms with Crippen molar-refractivity contribution in [1.82, 2.24) is 9.80 Å². The van der Waals surface area contributed by atoms with E-state index >= 15 is 0 Å². The van der Waals surface area contributed by atoms with Crippen molar-refractivity contribution in [2.24, 2.45) is 0 Å². The van der Waals surface area contributed by atoms with Crippen molar-refractivity contribution in [1.29, 1.82) is 0 Å². The third-order valence-electron chi connectivity index (χ3n) is 8.50. The summed E-state index contributed by atoms with van der Waals surface area (Å²) in [5.74, 6) is 0. The molecule has 0 amide bonds. The smallest absolute Gasteiger partial charge is 0.0248 e. The SMILES string of the molecule is CC(C)N1Cc2ccc(C(C)(C)CCC(C)(C)c3cccc4c3CN(C(C)(C)C)C4)cc2C1. The average Bonchev–Trinajstić information content (AvgIpc) is 3.35. The predicted octanol–water partition coefficient (Wildman–Crippen LogP) is 7.56. The standard InChI is InChI=1S/C31H46N2/c1-22(2)32-18-23-13-14-26(17-25(23)19-32)30(6,7)15-16-31(8,9)28-12-10-11-24-20-33(21-27(24)28)29(3,4)5/h10-14,17,22H,15-16,18-21H2,1-9H3. The monoisotopic (exact) mass is 446 g/mol. The Hall–Kier alpha value is -1.64. The number of nitrogens with zero attached hydrogens (tertiary/aromatic N) is 2. The van der Waals surface area contributed by atoms with Crippen LogP contribution in [0.15, 0.2) is 36.4 Å². The summed E-state index contributed by atoms with van der Waals surface area (Å²) >= 11 is 0. The first kappa shape index (κ1) is 24.5. The van der Waals surface area contributed by atoms with Gasteiger partial charge in [-0.25, -0.2) is 0 Å². The molecular formula is C31H46N2. The Kier molecular flexibility index (Phi) is 6.34. The highest BCUT2D eigenvalue weighted by atomic mass is 15.2. The molecule has 0 unspecified atom stereocenters. The maximum absolute atomic E-state index is 2.62. The lowest BCUT2D eigenvalue weighted by Gasteiger charge is -2.34.